The molecule has 2 aromatic rings. The molecule has 0 saturated carbocycles. The summed E-state index contributed by atoms with van der Waals surface area (Å²) in [6.07, 6.45) is -10.5. The fourth-order valence-corrected chi connectivity index (χ4v) is 7.58. The molecule has 0 radical (unpaired) electrons. The Kier molecular flexibility index (Phi) is 15.4. The van der Waals surface area contributed by atoms with Crippen LogP contribution in [0.1, 0.15) is 43.5 Å². The molecular weight excluding hydrogens is 815 g/mol. The number of ether oxygens (including phenoxy) is 1. The third-order valence-corrected chi connectivity index (χ3v) is 10.5. The standard InChI is InChI=1S/C24H38N7O19P3S/c1-24(2,18(37)22(38)27-4-3-13(33)26-5-6-54)9-47-53(44,45)50-52(42,43)46-8-12-17(49-51(39,40)41)16(36)23(48-12)31-20(11(32)7-14(34)35)30-15-19(25)28-10-29-21(15)31/h10,12,16-18,23,36-37,54H,3-9H2,1-2H3,(H,26,33)(H,27,38)(H,34,35)(H,42,43)(H,44,45)(H2,25,28,29)(H2,39,40,41)/t12-,16-,17-,18+,23-/m1/s1. The summed E-state index contributed by atoms with van der Waals surface area (Å²) in [5.41, 5.74) is 3.54. The van der Waals surface area contributed by atoms with Crippen molar-refractivity contribution in [2.24, 2.45) is 5.41 Å². The van der Waals surface area contributed by atoms with Crippen LogP contribution in [-0.2, 0) is 50.7 Å². The zero-order valence-corrected chi connectivity index (χ0v) is 31.7. The number of aromatic nitrogens is 4. The maximum absolute atomic E-state index is 12.8. The molecule has 2 aromatic heterocycles. The molecule has 11 N–H and O–H groups in total. The Bertz CT molecular complexity index is 1860. The third-order valence-electron chi connectivity index (χ3n) is 7.17. The fourth-order valence-electron chi connectivity index (χ4n) is 4.64. The molecule has 54 heavy (non-hydrogen) atoms. The van der Waals surface area contributed by atoms with Gasteiger partial charge in [-0.1, -0.05) is 13.8 Å². The quantitative estimate of drug-likeness (QED) is 0.0280. The van der Waals surface area contributed by atoms with Crippen LogP contribution >= 0.6 is 36.1 Å². The summed E-state index contributed by atoms with van der Waals surface area (Å²) in [7, 11) is -16.8. The number of carbonyl (C=O) groups excluding carboxylic acids is 3. The van der Waals surface area contributed by atoms with Gasteiger partial charge >= 0.3 is 29.4 Å². The first kappa shape index (κ1) is 45.4. The van der Waals surface area contributed by atoms with Crippen molar-refractivity contribution < 1.29 is 90.4 Å². The van der Waals surface area contributed by atoms with E-state index in [0.29, 0.717) is 12.3 Å². The van der Waals surface area contributed by atoms with Crippen LogP contribution in [0.5, 0.6) is 0 Å². The van der Waals surface area contributed by atoms with Crippen LogP contribution in [0.3, 0.4) is 0 Å². The zero-order chi connectivity index (χ0) is 40.8. The summed E-state index contributed by atoms with van der Waals surface area (Å²) in [6, 6.07) is 0. The average molecular weight is 854 g/mol. The summed E-state index contributed by atoms with van der Waals surface area (Å²) < 4.78 is 61.7. The van der Waals surface area contributed by atoms with Crippen molar-refractivity contribution in [3.63, 3.8) is 0 Å². The van der Waals surface area contributed by atoms with Crippen LogP contribution < -0.4 is 16.4 Å². The van der Waals surface area contributed by atoms with E-state index in [-0.39, 0.29) is 29.9 Å². The number of aliphatic carboxylic acids is 1. The molecule has 2 amide bonds. The maximum atomic E-state index is 12.8. The summed E-state index contributed by atoms with van der Waals surface area (Å²) in [5.74, 6) is -4.79. The van der Waals surface area contributed by atoms with E-state index in [0.717, 1.165) is 10.9 Å². The van der Waals surface area contributed by atoms with Gasteiger partial charge in [0.05, 0.1) is 13.2 Å². The SMILES string of the molecule is CC(C)(COP(=O)(O)OP(=O)(O)OC[C@H]1O[C@@H](n2c(C(=O)CC(=O)O)nc3c(N)ncnc32)[C@H](O)[C@@H]1OP(=O)(O)O)[C@@H](O)C(=O)NCCC(=O)NCCS. The molecule has 0 spiro atoms. The smallest absolute Gasteiger partial charge is 0.481 e. The number of thiol groups is 1. The van der Waals surface area contributed by atoms with Gasteiger partial charge in [0.25, 0.3) is 0 Å². The number of ketones is 1. The molecule has 0 aliphatic carbocycles. The van der Waals surface area contributed by atoms with Crippen molar-refractivity contribution in [3.05, 3.63) is 12.2 Å². The minimum atomic E-state index is -5.70. The molecule has 304 valence electrons. The lowest BCUT2D eigenvalue weighted by atomic mass is 9.87. The lowest BCUT2D eigenvalue weighted by molar-refractivity contribution is -0.137. The van der Waals surface area contributed by atoms with E-state index in [9.17, 15) is 62.7 Å². The number of hydrogen-bond donors (Lipinski definition) is 11. The lowest BCUT2D eigenvalue weighted by Crippen LogP contribution is -2.46. The van der Waals surface area contributed by atoms with Crippen LogP contribution in [0.4, 0.5) is 5.82 Å². The van der Waals surface area contributed by atoms with Crippen LogP contribution in [0.25, 0.3) is 11.2 Å². The van der Waals surface area contributed by atoms with Gasteiger partial charge in [-0.2, -0.15) is 16.9 Å². The second-order valence-electron chi connectivity index (χ2n) is 11.9. The molecule has 1 saturated heterocycles. The van der Waals surface area contributed by atoms with E-state index < -0.39 is 109 Å². The number of carboxylic acid groups (broad SMARTS) is 1. The van der Waals surface area contributed by atoms with Crippen LogP contribution in [-0.4, -0.2) is 134 Å². The first-order chi connectivity index (χ1) is 24.9. The second-order valence-corrected chi connectivity index (χ2v) is 16.6. The number of phosphoric ester groups is 3. The number of rotatable bonds is 21. The topological polar surface area (TPSA) is 401 Å². The number of amides is 2. The molecule has 0 aromatic carbocycles. The number of nitrogen functional groups attached to an aromatic ring is 1. The number of Topliss-reactive ketones (excluding diaryl/α,β-unsaturated/α-hetero) is 1. The number of carboxylic acids is 1. The van der Waals surface area contributed by atoms with Crippen LogP contribution in [0.15, 0.2) is 6.33 Å². The van der Waals surface area contributed by atoms with Gasteiger partial charge in [-0.25, -0.2) is 28.6 Å². The summed E-state index contributed by atoms with van der Waals surface area (Å²) in [5, 5.41) is 35.5. The van der Waals surface area contributed by atoms with E-state index in [1.807, 2.05) is 0 Å². The number of nitrogens with two attached hydrogens (primary N) is 1. The number of carbonyl (C=O) groups is 4. The zero-order valence-electron chi connectivity index (χ0n) is 28.1. The predicted octanol–water partition coefficient (Wildman–Crippen LogP) is -2.01. The molecule has 7 atom stereocenters. The van der Waals surface area contributed by atoms with Crippen molar-refractivity contribution >= 4 is 76.6 Å². The Morgan fingerprint density at radius 2 is 1.72 bits per heavy atom. The Balaban J connectivity index is 1.73. The van der Waals surface area contributed by atoms with Gasteiger partial charge < -0.3 is 56.0 Å². The largest absolute Gasteiger partial charge is 0.481 e. The highest BCUT2D eigenvalue weighted by molar-refractivity contribution is 7.80. The summed E-state index contributed by atoms with van der Waals surface area (Å²) >= 11 is 3.94. The van der Waals surface area contributed by atoms with Gasteiger partial charge in [0.2, 0.25) is 17.6 Å². The minimum absolute atomic E-state index is 0.135. The Labute approximate surface area is 309 Å². The third kappa shape index (κ3) is 12.5. The molecule has 26 nitrogen and oxygen atoms in total. The van der Waals surface area contributed by atoms with E-state index in [2.05, 4.69) is 47.0 Å². The van der Waals surface area contributed by atoms with Gasteiger partial charge in [0.15, 0.2) is 29.0 Å². The van der Waals surface area contributed by atoms with Gasteiger partial charge in [0, 0.05) is 30.7 Å². The van der Waals surface area contributed by atoms with Gasteiger partial charge in [0.1, 0.15) is 37.2 Å². The second kappa shape index (κ2) is 18.3. The molecule has 1 aliphatic rings. The molecule has 3 heterocycles. The number of nitrogens with one attached hydrogen (secondary N) is 2. The van der Waals surface area contributed by atoms with E-state index >= 15 is 0 Å². The lowest BCUT2D eigenvalue weighted by Gasteiger charge is -2.30. The predicted molar refractivity (Wildman–Crippen MR) is 180 cm³/mol. The van der Waals surface area contributed by atoms with Gasteiger partial charge in [-0.3, -0.25) is 37.3 Å². The Morgan fingerprint density at radius 1 is 1.07 bits per heavy atom. The summed E-state index contributed by atoms with van der Waals surface area (Å²) in [4.78, 5) is 99.0. The van der Waals surface area contributed by atoms with E-state index in [1.165, 1.54) is 13.8 Å². The molecule has 2 unspecified atom stereocenters. The molecule has 1 aliphatic heterocycles. The number of nitrogens with zero attached hydrogens (tertiary/aromatic N) is 4. The first-order valence-corrected chi connectivity index (χ1v) is 20.3. The number of anilines is 1. The molecule has 3 rings (SSSR count). The van der Waals surface area contributed by atoms with E-state index in [1.54, 1.807) is 0 Å². The number of imidazole rings is 1. The van der Waals surface area contributed by atoms with Crippen LogP contribution in [0.2, 0.25) is 0 Å². The van der Waals surface area contributed by atoms with Crippen molar-refractivity contribution in [3.8, 4) is 0 Å². The maximum Gasteiger partial charge on any atom is 0.481 e. The number of fused-ring (bicyclic) bond motifs is 1. The fraction of sp³-hybridized carbons (Fsp3) is 0.625. The highest BCUT2D eigenvalue weighted by atomic mass is 32.1. The monoisotopic (exact) mass is 853 g/mol. The van der Waals surface area contributed by atoms with Crippen molar-refractivity contribution in [1.82, 2.24) is 30.2 Å². The number of aliphatic hydroxyl groups is 2. The number of hydrogen-bond acceptors (Lipinski definition) is 19. The molecular formula is C24H38N7O19P3S. The van der Waals surface area contributed by atoms with E-state index in [4.69, 9.17) is 24.6 Å². The molecule has 1 fully saturated rings. The van der Waals surface area contributed by atoms with Gasteiger partial charge in [-0.15, -0.1) is 0 Å². The first-order valence-electron chi connectivity index (χ1n) is 15.2. The minimum Gasteiger partial charge on any atom is -0.481 e. The average Bonchev–Trinajstić information content (AvgIpc) is 3.58. The Morgan fingerprint density at radius 3 is 2.33 bits per heavy atom. The van der Waals surface area contributed by atoms with Crippen molar-refractivity contribution in [1.29, 1.82) is 0 Å². The summed E-state index contributed by atoms with van der Waals surface area (Å²) in [6.45, 7) is 0.329. The molecule has 0 bridgehead atoms. The Hall–Kier alpha value is -2.97. The van der Waals surface area contributed by atoms with Crippen molar-refractivity contribution in [2.45, 2.75) is 57.3 Å². The normalized spacial score (nSPS) is 21.9. The highest BCUT2D eigenvalue weighted by Crippen LogP contribution is 2.61. The number of phosphoric acid groups is 3. The van der Waals surface area contributed by atoms with Gasteiger partial charge in [-0.05, 0) is 0 Å². The van der Waals surface area contributed by atoms with Crippen LogP contribution in [0, 0.1) is 5.41 Å². The highest BCUT2D eigenvalue weighted by Gasteiger charge is 2.51. The molecule has 30 heteroatoms. The number of aliphatic hydroxyl groups excluding tert-OH is 2. The van der Waals surface area contributed by atoms with Crippen molar-refractivity contribution in [2.75, 3.05) is 37.8 Å².